The summed E-state index contributed by atoms with van der Waals surface area (Å²) in [5, 5.41) is 5.44. The molecule has 0 radical (unpaired) electrons. The van der Waals surface area contributed by atoms with Crippen molar-refractivity contribution >= 4 is 41.1 Å². The number of carbonyl (C=O) groups excluding carboxylic acids is 2. The summed E-state index contributed by atoms with van der Waals surface area (Å²) < 4.78 is 32.8. The second-order valence-electron chi connectivity index (χ2n) is 6.49. The molecule has 0 spiro atoms. The Kier molecular flexibility index (Phi) is 5.09. The summed E-state index contributed by atoms with van der Waals surface area (Å²) in [5.74, 6) is -2.18. The van der Waals surface area contributed by atoms with E-state index in [9.17, 15) is 18.4 Å². The van der Waals surface area contributed by atoms with Crippen LogP contribution in [0, 0.1) is 11.6 Å². The molecule has 1 aromatic heterocycles. The van der Waals surface area contributed by atoms with Crippen LogP contribution >= 0.6 is 22.9 Å². The maximum Gasteiger partial charge on any atom is 0.341 e. The second kappa shape index (κ2) is 7.56. The molecule has 4 rings (SSSR count). The number of ether oxygens (including phenoxy) is 1. The van der Waals surface area contributed by atoms with Crippen LogP contribution in [-0.2, 0) is 0 Å². The molecule has 1 unspecified atom stereocenters. The molecule has 0 bridgehead atoms. The maximum atomic E-state index is 13.5. The van der Waals surface area contributed by atoms with E-state index in [4.69, 9.17) is 22.1 Å². The van der Waals surface area contributed by atoms with Gasteiger partial charge < -0.3 is 15.4 Å². The van der Waals surface area contributed by atoms with Crippen LogP contribution in [0.5, 0.6) is 5.19 Å². The molecule has 8 nitrogen and oxygen atoms in total. The van der Waals surface area contributed by atoms with E-state index in [0.717, 1.165) is 17.4 Å². The van der Waals surface area contributed by atoms with Crippen molar-refractivity contribution in [2.75, 3.05) is 13.1 Å². The monoisotopic (exact) mass is 441 g/mol. The summed E-state index contributed by atoms with van der Waals surface area (Å²) in [5.41, 5.74) is 5.43. The Balaban J connectivity index is 1.38. The SMILES string of the molecule is NC(=O)c1nc(OC2CN(C(=O)N3N=CCC3c3cc(F)cc(F)c3)C2)sc1Cl. The van der Waals surface area contributed by atoms with Crippen LogP contribution in [0.1, 0.15) is 28.5 Å². The van der Waals surface area contributed by atoms with E-state index in [0.29, 0.717) is 12.0 Å². The lowest BCUT2D eigenvalue weighted by atomic mass is 10.0. The van der Waals surface area contributed by atoms with E-state index in [1.165, 1.54) is 28.3 Å². The van der Waals surface area contributed by atoms with Gasteiger partial charge >= 0.3 is 6.03 Å². The number of likely N-dealkylation sites (tertiary alicyclic amines) is 1. The van der Waals surface area contributed by atoms with Crippen molar-refractivity contribution in [1.82, 2.24) is 14.9 Å². The van der Waals surface area contributed by atoms with E-state index in [-0.39, 0.29) is 34.4 Å². The Labute approximate surface area is 172 Å². The average Bonchev–Trinajstić information content (AvgIpc) is 3.23. The summed E-state index contributed by atoms with van der Waals surface area (Å²) in [6.45, 7) is 0.524. The number of nitrogens with two attached hydrogens (primary N) is 1. The van der Waals surface area contributed by atoms with Gasteiger partial charge in [0, 0.05) is 18.7 Å². The Bertz CT molecular complexity index is 991. The number of hydrogen-bond donors (Lipinski definition) is 1. The molecule has 3 amide bonds. The van der Waals surface area contributed by atoms with Gasteiger partial charge in [-0.15, -0.1) is 0 Å². The minimum atomic E-state index is -0.752. The third-order valence-electron chi connectivity index (χ3n) is 4.48. The fourth-order valence-electron chi connectivity index (χ4n) is 3.08. The molecule has 2 aliphatic heterocycles. The number of amides is 3. The summed E-state index contributed by atoms with van der Waals surface area (Å²) in [4.78, 5) is 29.3. The van der Waals surface area contributed by atoms with Gasteiger partial charge in [0.2, 0.25) is 0 Å². The number of benzene rings is 1. The van der Waals surface area contributed by atoms with E-state index >= 15 is 0 Å². The van der Waals surface area contributed by atoms with Crippen molar-refractivity contribution in [3.05, 3.63) is 45.4 Å². The largest absolute Gasteiger partial charge is 0.463 e. The second-order valence-corrected chi connectivity index (χ2v) is 8.05. The summed E-state index contributed by atoms with van der Waals surface area (Å²) in [6, 6.07) is 2.17. The van der Waals surface area contributed by atoms with Gasteiger partial charge in [-0.1, -0.05) is 22.9 Å². The van der Waals surface area contributed by atoms with Gasteiger partial charge in [0.15, 0.2) is 5.69 Å². The molecule has 3 heterocycles. The standard InChI is InChI=1S/C17H14ClF2N5O3S/c18-14-13(15(21)26)23-16(29-14)28-11-6-24(7-11)17(27)25-12(1-2-22-25)8-3-9(19)5-10(20)4-8/h2-5,11-12H,1,6-7H2,(H2,21,26). The first-order valence-electron chi connectivity index (χ1n) is 8.51. The van der Waals surface area contributed by atoms with Gasteiger partial charge in [-0.05, 0) is 17.7 Å². The predicted octanol–water partition coefficient (Wildman–Crippen LogP) is 2.79. The number of hydrazone groups is 1. The molecule has 0 aliphatic carbocycles. The number of rotatable bonds is 4. The van der Waals surface area contributed by atoms with Gasteiger partial charge in [0.25, 0.3) is 11.1 Å². The highest BCUT2D eigenvalue weighted by atomic mass is 35.5. The predicted molar refractivity (Wildman–Crippen MR) is 101 cm³/mol. The molecular formula is C17H14ClF2N5O3S. The minimum Gasteiger partial charge on any atom is -0.463 e. The molecule has 1 atom stereocenters. The summed E-state index contributed by atoms with van der Waals surface area (Å²) in [6.07, 6.45) is 1.55. The number of primary amides is 1. The first-order chi connectivity index (χ1) is 13.8. The molecule has 12 heteroatoms. The number of carbonyl (C=O) groups is 2. The van der Waals surface area contributed by atoms with Crippen molar-refractivity contribution < 1.29 is 23.1 Å². The molecule has 1 fully saturated rings. The molecule has 29 heavy (non-hydrogen) atoms. The smallest absolute Gasteiger partial charge is 0.341 e. The quantitative estimate of drug-likeness (QED) is 0.788. The Morgan fingerprint density at radius 2 is 1.93 bits per heavy atom. The van der Waals surface area contributed by atoms with Crippen molar-refractivity contribution in [2.24, 2.45) is 10.8 Å². The number of nitrogens with zero attached hydrogens (tertiary/aromatic N) is 4. The van der Waals surface area contributed by atoms with E-state index in [1.54, 1.807) is 0 Å². The zero-order chi connectivity index (χ0) is 20.7. The number of halogens is 3. The van der Waals surface area contributed by atoms with E-state index in [1.807, 2.05) is 0 Å². The van der Waals surface area contributed by atoms with Crippen LogP contribution < -0.4 is 10.5 Å². The highest BCUT2D eigenvalue weighted by Gasteiger charge is 2.39. The van der Waals surface area contributed by atoms with Crippen LogP contribution in [-0.4, -0.2) is 52.2 Å². The highest BCUT2D eigenvalue weighted by Crippen LogP contribution is 2.33. The number of aromatic nitrogens is 1. The Morgan fingerprint density at radius 3 is 2.55 bits per heavy atom. The minimum absolute atomic E-state index is 0.0597. The van der Waals surface area contributed by atoms with Gasteiger partial charge in [-0.2, -0.15) is 10.1 Å². The van der Waals surface area contributed by atoms with E-state index in [2.05, 4.69) is 10.1 Å². The van der Waals surface area contributed by atoms with Crippen LogP contribution in [0.15, 0.2) is 23.3 Å². The number of thiazole rings is 1. The van der Waals surface area contributed by atoms with Crippen molar-refractivity contribution in [1.29, 1.82) is 0 Å². The van der Waals surface area contributed by atoms with Crippen LogP contribution in [0.3, 0.4) is 0 Å². The van der Waals surface area contributed by atoms with Crippen LogP contribution in [0.4, 0.5) is 13.6 Å². The molecule has 152 valence electrons. The highest BCUT2D eigenvalue weighted by molar-refractivity contribution is 7.17. The normalized spacial score (nSPS) is 18.8. The van der Waals surface area contributed by atoms with Crippen molar-refractivity contribution in [3.63, 3.8) is 0 Å². The molecule has 0 saturated carbocycles. The molecule has 1 aromatic carbocycles. The van der Waals surface area contributed by atoms with Crippen molar-refractivity contribution in [3.8, 4) is 5.19 Å². The third kappa shape index (κ3) is 3.87. The molecule has 1 saturated heterocycles. The lowest BCUT2D eigenvalue weighted by Gasteiger charge is -2.40. The first kappa shape index (κ1) is 19.5. The molecule has 2 aliphatic rings. The Morgan fingerprint density at radius 1 is 1.24 bits per heavy atom. The molecular weight excluding hydrogens is 428 g/mol. The topological polar surface area (TPSA) is 101 Å². The maximum absolute atomic E-state index is 13.5. The number of urea groups is 1. The fraction of sp³-hybridized carbons (Fsp3) is 0.294. The lowest BCUT2D eigenvalue weighted by Crippen LogP contribution is -2.58. The first-order valence-corrected chi connectivity index (χ1v) is 9.70. The van der Waals surface area contributed by atoms with Gasteiger partial charge in [0.05, 0.1) is 19.1 Å². The van der Waals surface area contributed by atoms with E-state index < -0.39 is 29.6 Å². The zero-order valence-corrected chi connectivity index (χ0v) is 16.3. The summed E-state index contributed by atoms with van der Waals surface area (Å²) >= 11 is 6.86. The van der Waals surface area contributed by atoms with Gasteiger partial charge in [-0.3, -0.25) is 4.79 Å². The average molecular weight is 442 g/mol. The molecule has 2 aromatic rings. The van der Waals surface area contributed by atoms with Crippen LogP contribution in [0.25, 0.3) is 0 Å². The Hall–Kier alpha value is -2.79. The third-order valence-corrected chi connectivity index (χ3v) is 5.63. The zero-order valence-electron chi connectivity index (χ0n) is 14.7. The summed E-state index contributed by atoms with van der Waals surface area (Å²) in [7, 11) is 0. The van der Waals surface area contributed by atoms with Crippen molar-refractivity contribution in [2.45, 2.75) is 18.6 Å². The number of hydrogen-bond acceptors (Lipinski definition) is 6. The lowest BCUT2D eigenvalue weighted by molar-refractivity contribution is 0.0275. The fourth-order valence-corrected chi connectivity index (χ4v) is 4.14. The van der Waals surface area contributed by atoms with Gasteiger partial charge in [0.1, 0.15) is 22.1 Å². The van der Waals surface area contributed by atoms with Gasteiger partial charge in [-0.25, -0.2) is 18.6 Å². The molecule has 2 N–H and O–H groups in total. The van der Waals surface area contributed by atoms with Crippen LogP contribution in [0.2, 0.25) is 4.34 Å².